The predicted octanol–water partition coefficient (Wildman–Crippen LogP) is 3.63. The van der Waals surface area contributed by atoms with E-state index in [4.69, 9.17) is 14.0 Å². The van der Waals surface area contributed by atoms with E-state index in [1.807, 2.05) is 36.4 Å². The maximum absolute atomic E-state index is 13.1. The number of benzene rings is 2. The van der Waals surface area contributed by atoms with E-state index in [2.05, 4.69) is 25.7 Å². The Morgan fingerprint density at radius 2 is 2.12 bits per heavy atom. The molecule has 2 aromatic heterocycles. The van der Waals surface area contributed by atoms with E-state index in [0.717, 1.165) is 28.2 Å². The van der Waals surface area contributed by atoms with Crippen molar-refractivity contribution in [2.45, 2.75) is 13.3 Å². The zero-order valence-corrected chi connectivity index (χ0v) is 17.6. The number of nitrogens with one attached hydrogen (secondary N) is 2. The first-order chi connectivity index (χ1) is 15.6. The molecule has 2 N–H and O–H groups in total. The zero-order chi connectivity index (χ0) is 22.1. The van der Waals surface area contributed by atoms with Crippen LogP contribution in [-0.4, -0.2) is 40.0 Å². The molecule has 9 heteroatoms. The highest BCUT2D eigenvalue weighted by atomic mass is 16.5. The van der Waals surface area contributed by atoms with Crippen LogP contribution in [0.1, 0.15) is 11.5 Å². The Morgan fingerprint density at radius 1 is 1.22 bits per heavy atom. The van der Waals surface area contributed by atoms with Crippen molar-refractivity contribution in [3.05, 3.63) is 60.2 Å². The summed E-state index contributed by atoms with van der Waals surface area (Å²) in [7, 11) is 1.62. The van der Waals surface area contributed by atoms with Crippen LogP contribution in [-0.2, 0) is 11.2 Å². The number of hydrogen-bond donors (Lipinski definition) is 2. The molecule has 9 nitrogen and oxygen atoms in total. The lowest BCUT2D eigenvalue weighted by Gasteiger charge is -2.25. The molecule has 0 spiro atoms. The summed E-state index contributed by atoms with van der Waals surface area (Å²) < 4.78 is 16.3. The third-order valence-corrected chi connectivity index (χ3v) is 5.42. The molecule has 2 aromatic carbocycles. The summed E-state index contributed by atoms with van der Waals surface area (Å²) in [4.78, 5) is 17.5. The minimum absolute atomic E-state index is 0.143. The molecule has 162 valence electrons. The highest BCUT2D eigenvalue weighted by Gasteiger charge is 2.27. The summed E-state index contributed by atoms with van der Waals surface area (Å²) in [5.41, 5.74) is 4.03. The Morgan fingerprint density at radius 3 is 2.88 bits per heavy atom. The van der Waals surface area contributed by atoms with Crippen LogP contribution in [0, 0.1) is 12.8 Å². The molecule has 0 saturated carbocycles. The molecule has 0 aliphatic carbocycles. The smallest absolute Gasteiger partial charge is 0.231 e. The van der Waals surface area contributed by atoms with Gasteiger partial charge in [-0.05, 0) is 47.9 Å². The van der Waals surface area contributed by atoms with Crippen LogP contribution in [0.25, 0.3) is 22.5 Å². The first-order valence-electron chi connectivity index (χ1n) is 10.1. The van der Waals surface area contributed by atoms with Gasteiger partial charge in [0.05, 0.1) is 24.9 Å². The molecule has 1 atom stereocenters. The van der Waals surface area contributed by atoms with Crippen LogP contribution in [0.3, 0.4) is 0 Å². The van der Waals surface area contributed by atoms with E-state index in [-0.39, 0.29) is 11.8 Å². The highest BCUT2D eigenvalue weighted by molar-refractivity contribution is 5.97. The summed E-state index contributed by atoms with van der Waals surface area (Å²) in [5, 5.41) is 13.9. The Kier molecular flexibility index (Phi) is 5.06. The Balaban J connectivity index is 1.42. The lowest BCUT2D eigenvalue weighted by Crippen LogP contribution is -2.32. The number of aromatic amines is 1. The molecule has 0 fully saturated rings. The van der Waals surface area contributed by atoms with Gasteiger partial charge in [0.2, 0.25) is 17.6 Å². The summed E-state index contributed by atoms with van der Waals surface area (Å²) >= 11 is 0. The van der Waals surface area contributed by atoms with E-state index in [1.54, 1.807) is 26.4 Å². The van der Waals surface area contributed by atoms with Gasteiger partial charge >= 0.3 is 0 Å². The lowest BCUT2D eigenvalue weighted by molar-refractivity contribution is -0.121. The number of rotatable bonds is 5. The zero-order valence-electron chi connectivity index (χ0n) is 17.6. The lowest BCUT2D eigenvalue weighted by atomic mass is 9.95. The second kappa shape index (κ2) is 8.18. The maximum Gasteiger partial charge on any atom is 0.231 e. The molecule has 3 heterocycles. The largest absolute Gasteiger partial charge is 0.497 e. The number of amides is 1. The number of carbonyl (C=O) groups is 1. The number of methoxy groups -OCH3 is 1. The van der Waals surface area contributed by atoms with Crippen LogP contribution in [0.4, 0.5) is 5.69 Å². The van der Waals surface area contributed by atoms with Gasteiger partial charge < -0.3 is 19.3 Å². The summed E-state index contributed by atoms with van der Waals surface area (Å²) in [5.74, 6) is 1.87. The highest BCUT2D eigenvalue weighted by Crippen LogP contribution is 2.34. The van der Waals surface area contributed by atoms with Crippen molar-refractivity contribution in [1.29, 1.82) is 0 Å². The first kappa shape index (κ1) is 19.8. The topological polar surface area (TPSA) is 115 Å². The molecular formula is C23H21N5O4. The SMILES string of the molecule is COc1ccc2c(c1)CC(C(=O)Nc1ccc(-c3cn[nH]c3)cc1-c1noc(C)n1)CO2. The summed E-state index contributed by atoms with van der Waals surface area (Å²) in [6.07, 6.45) is 4.08. The summed E-state index contributed by atoms with van der Waals surface area (Å²) in [6, 6.07) is 11.3. The predicted molar refractivity (Wildman–Crippen MR) is 116 cm³/mol. The Labute approximate surface area is 183 Å². The number of anilines is 1. The van der Waals surface area contributed by atoms with Gasteiger partial charge in [0.1, 0.15) is 18.1 Å². The molecule has 1 amide bonds. The quantitative estimate of drug-likeness (QED) is 0.496. The van der Waals surface area contributed by atoms with Gasteiger partial charge in [-0.2, -0.15) is 10.1 Å². The first-order valence-corrected chi connectivity index (χ1v) is 10.1. The van der Waals surface area contributed by atoms with Gasteiger partial charge in [-0.3, -0.25) is 9.89 Å². The average Bonchev–Trinajstić information content (AvgIpc) is 3.50. The summed E-state index contributed by atoms with van der Waals surface area (Å²) in [6.45, 7) is 2.02. The fraction of sp³-hybridized carbons (Fsp3) is 0.217. The fourth-order valence-electron chi connectivity index (χ4n) is 3.74. The third-order valence-electron chi connectivity index (χ3n) is 5.42. The van der Waals surface area contributed by atoms with Crippen molar-refractivity contribution in [1.82, 2.24) is 20.3 Å². The number of H-pyrrole nitrogens is 1. The van der Waals surface area contributed by atoms with Gasteiger partial charge in [-0.25, -0.2) is 0 Å². The van der Waals surface area contributed by atoms with Gasteiger partial charge in [-0.15, -0.1) is 0 Å². The van der Waals surface area contributed by atoms with Crippen molar-refractivity contribution >= 4 is 11.6 Å². The molecular weight excluding hydrogens is 410 g/mol. The molecule has 4 aromatic rings. The van der Waals surface area contributed by atoms with Crippen LogP contribution >= 0.6 is 0 Å². The second-order valence-corrected chi connectivity index (χ2v) is 7.56. The molecule has 1 aliphatic rings. The van der Waals surface area contributed by atoms with Gasteiger partial charge in [0.25, 0.3) is 0 Å². The third kappa shape index (κ3) is 3.80. The minimum atomic E-state index is -0.344. The Bertz CT molecular complexity index is 1270. The molecule has 1 unspecified atom stereocenters. The Hall–Kier alpha value is -4.14. The van der Waals surface area contributed by atoms with Crippen LogP contribution in [0.5, 0.6) is 11.5 Å². The van der Waals surface area contributed by atoms with Gasteiger partial charge in [0, 0.05) is 24.2 Å². The van der Waals surface area contributed by atoms with E-state index in [9.17, 15) is 4.79 Å². The van der Waals surface area contributed by atoms with Crippen molar-refractivity contribution < 1.29 is 18.8 Å². The second-order valence-electron chi connectivity index (χ2n) is 7.56. The number of aryl methyl sites for hydroxylation is 1. The number of hydrogen-bond acceptors (Lipinski definition) is 7. The normalized spacial score (nSPS) is 15.0. The monoisotopic (exact) mass is 431 g/mol. The molecule has 0 radical (unpaired) electrons. The molecule has 0 saturated heterocycles. The van der Waals surface area contributed by atoms with Crippen LogP contribution in [0.15, 0.2) is 53.3 Å². The van der Waals surface area contributed by atoms with Crippen LogP contribution in [0.2, 0.25) is 0 Å². The molecule has 32 heavy (non-hydrogen) atoms. The van der Waals surface area contributed by atoms with Gasteiger partial charge in [0.15, 0.2) is 0 Å². The number of ether oxygens (including phenoxy) is 2. The van der Waals surface area contributed by atoms with E-state index in [0.29, 0.717) is 36.0 Å². The fourth-order valence-corrected chi connectivity index (χ4v) is 3.74. The van der Waals surface area contributed by atoms with E-state index < -0.39 is 0 Å². The van der Waals surface area contributed by atoms with Crippen molar-refractivity contribution in [2.24, 2.45) is 5.92 Å². The number of nitrogens with zero attached hydrogens (tertiary/aromatic N) is 3. The number of aromatic nitrogens is 4. The molecule has 5 rings (SSSR count). The van der Waals surface area contributed by atoms with Crippen molar-refractivity contribution in [2.75, 3.05) is 19.0 Å². The number of fused-ring (bicyclic) bond motifs is 1. The minimum Gasteiger partial charge on any atom is -0.497 e. The van der Waals surface area contributed by atoms with Crippen molar-refractivity contribution in [3.63, 3.8) is 0 Å². The molecule has 0 bridgehead atoms. The number of carbonyl (C=O) groups excluding carboxylic acids is 1. The van der Waals surface area contributed by atoms with Crippen molar-refractivity contribution in [3.8, 4) is 34.0 Å². The molecule has 1 aliphatic heterocycles. The van der Waals surface area contributed by atoms with Crippen LogP contribution < -0.4 is 14.8 Å². The van der Waals surface area contributed by atoms with E-state index in [1.165, 1.54) is 0 Å². The van der Waals surface area contributed by atoms with Gasteiger partial charge in [-0.1, -0.05) is 11.2 Å². The standard InChI is InChI=1S/C23H21N5O4/c1-13-26-22(28-32-13)19-9-14(17-10-24-25-11-17)3-5-20(19)27-23(29)16-7-15-8-18(30-2)4-6-21(15)31-12-16/h3-6,8-11,16H,7,12H2,1-2H3,(H,24,25)(H,27,29). The maximum atomic E-state index is 13.1. The van der Waals surface area contributed by atoms with E-state index >= 15 is 0 Å². The average molecular weight is 431 g/mol.